The van der Waals surface area contributed by atoms with Gasteiger partial charge in [0.05, 0.1) is 29.7 Å². The van der Waals surface area contributed by atoms with Crippen LogP contribution in [0.15, 0.2) is 24.3 Å². The average Bonchev–Trinajstić information content (AvgIpc) is 3.21. The molecule has 0 aromatic carbocycles. The van der Waals surface area contributed by atoms with E-state index in [2.05, 4.69) is 20.9 Å². The third kappa shape index (κ3) is 4.94. The van der Waals surface area contributed by atoms with Gasteiger partial charge in [-0.2, -0.15) is 4.31 Å². The van der Waals surface area contributed by atoms with Crippen molar-refractivity contribution in [3.05, 3.63) is 29.1 Å². The maximum absolute atomic E-state index is 11.8. The second-order valence-electron chi connectivity index (χ2n) is 8.28. The van der Waals surface area contributed by atoms with Crippen LogP contribution < -0.4 is 10.6 Å². The van der Waals surface area contributed by atoms with Gasteiger partial charge in [0.2, 0.25) is 10.0 Å². The van der Waals surface area contributed by atoms with E-state index >= 15 is 0 Å². The van der Waals surface area contributed by atoms with Gasteiger partial charge in [-0.05, 0) is 18.2 Å². The molecule has 2 saturated heterocycles. The predicted octanol–water partition coefficient (Wildman–Crippen LogP) is 1.25. The lowest BCUT2D eigenvalue weighted by Gasteiger charge is -2.32. The van der Waals surface area contributed by atoms with Crippen molar-refractivity contribution >= 4 is 43.2 Å². The molecule has 0 bridgehead atoms. The van der Waals surface area contributed by atoms with Crippen molar-refractivity contribution < 1.29 is 13.2 Å². The van der Waals surface area contributed by atoms with E-state index < -0.39 is 10.0 Å². The van der Waals surface area contributed by atoms with E-state index in [1.165, 1.54) is 11.1 Å². The van der Waals surface area contributed by atoms with Crippen molar-refractivity contribution in [2.45, 2.75) is 6.54 Å². The third-order valence-electron chi connectivity index (χ3n) is 5.89. The molecule has 12 heteroatoms. The highest BCUT2D eigenvalue weighted by molar-refractivity contribution is 7.88. The number of nitrogen functional groups attached to an aromatic ring is 1. The molecule has 0 unspecified atom stereocenters. The summed E-state index contributed by atoms with van der Waals surface area (Å²) in [5, 5.41) is 0. The molecule has 2 aliphatic rings. The minimum Gasteiger partial charge on any atom is -0.384 e. The number of morpholine rings is 1. The standard InChI is InChI=1S/C21H27N7O3S2/c1-33(29,30)28-7-5-26(6-8-28)14-15-13-17-19(32-15)21(27-9-11-31-12-10-27)25-20(24-17)16-3-2-4-18(22)23-16/h2-4,13H,5-12,14H2,1H3,(H2,22,23). The van der Waals surface area contributed by atoms with Crippen LogP contribution in [0, 0.1) is 0 Å². The summed E-state index contributed by atoms with van der Waals surface area (Å²) in [6.45, 7) is 6.10. The van der Waals surface area contributed by atoms with Crippen LogP contribution in [0.5, 0.6) is 0 Å². The van der Waals surface area contributed by atoms with E-state index in [0.717, 1.165) is 35.7 Å². The zero-order valence-corrected chi connectivity index (χ0v) is 20.1. The topological polar surface area (TPSA) is 118 Å². The Morgan fingerprint density at radius 1 is 1.06 bits per heavy atom. The van der Waals surface area contributed by atoms with Crippen LogP contribution in [0.3, 0.4) is 0 Å². The molecule has 3 aromatic rings. The summed E-state index contributed by atoms with van der Waals surface area (Å²) in [5.74, 6) is 1.89. The highest BCUT2D eigenvalue weighted by Crippen LogP contribution is 2.35. The molecule has 0 amide bonds. The molecule has 5 heterocycles. The van der Waals surface area contributed by atoms with E-state index in [1.807, 2.05) is 12.1 Å². The minimum absolute atomic E-state index is 0.434. The molecule has 0 spiro atoms. The number of hydrogen-bond acceptors (Lipinski definition) is 10. The van der Waals surface area contributed by atoms with Crippen molar-refractivity contribution in [3.8, 4) is 11.5 Å². The Morgan fingerprint density at radius 2 is 1.82 bits per heavy atom. The molecule has 33 heavy (non-hydrogen) atoms. The quantitative estimate of drug-likeness (QED) is 0.565. The van der Waals surface area contributed by atoms with Gasteiger partial charge >= 0.3 is 0 Å². The fourth-order valence-corrected chi connectivity index (χ4v) is 6.14. The molecule has 176 valence electrons. The van der Waals surface area contributed by atoms with E-state index in [4.69, 9.17) is 20.4 Å². The molecule has 3 aromatic heterocycles. The zero-order chi connectivity index (χ0) is 23.0. The molecule has 0 saturated carbocycles. The number of ether oxygens (including phenoxy) is 1. The van der Waals surface area contributed by atoms with Crippen LogP contribution in [0.25, 0.3) is 21.7 Å². The summed E-state index contributed by atoms with van der Waals surface area (Å²) in [5.41, 5.74) is 7.43. The Balaban J connectivity index is 1.45. The van der Waals surface area contributed by atoms with Crippen LogP contribution in [0.1, 0.15) is 4.88 Å². The Labute approximate surface area is 197 Å². The van der Waals surface area contributed by atoms with Crippen molar-refractivity contribution in [2.24, 2.45) is 0 Å². The number of pyridine rings is 1. The Morgan fingerprint density at radius 3 is 2.52 bits per heavy atom. The van der Waals surface area contributed by atoms with Crippen molar-refractivity contribution in [2.75, 3.05) is 69.4 Å². The highest BCUT2D eigenvalue weighted by Gasteiger charge is 2.25. The number of aromatic nitrogens is 3. The lowest BCUT2D eigenvalue weighted by Crippen LogP contribution is -2.47. The van der Waals surface area contributed by atoms with Gasteiger partial charge in [-0.25, -0.2) is 23.4 Å². The van der Waals surface area contributed by atoms with Crippen LogP contribution in [0.2, 0.25) is 0 Å². The van der Waals surface area contributed by atoms with Gasteiger partial charge < -0.3 is 15.4 Å². The first-order chi connectivity index (χ1) is 15.9. The van der Waals surface area contributed by atoms with Gasteiger partial charge in [0, 0.05) is 50.7 Å². The number of piperazine rings is 1. The maximum Gasteiger partial charge on any atom is 0.211 e. The Hall–Kier alpha value is -2.38. The fraction of sp³-hybridized carbons (Fsp3) is 0.476. The van der Waals surface area contributed by atoms with Crippen molar-refractivity contribution in [1.29, 1.82) is 0 Å². The summed E-state index contributed by atoms with van der Waals surface area (Å²) in [6.07, 6.45) is 1.27. The molecule has 2 aliphatic heterocycles. The third-order valence-corrected chi connectivity index (χ3v) is 8.30. The van der Waals surface area contributed by atoms with E-state index in [1.54, 1.807) is 21.7 Å². The van der Waals surface area contributed by atoms with E-state index in [-0.39, 0.29) is 0 Å². The number of sulfonamides is 1. The van der Waals surface area contributed by atoms with Crippen molar-refractivity contribution in [3.63, 3.8) is 0 Å². The monoisotopic (exact) mass is 489 g/mol. The fourth-order valence-electron chi connectivity index (χ4n) is 4.16. The lowest BCUT2D eigenvalue weighted by molar-refractivity contribution is 0.122. The molecule has 5 rings (SSSR count). The number of hydrogen-bond donors (Lipinski definition) is 1. The number of anilines is 2. The van der Waals surface area contributed by atoms with E-state index in [0.29, 0.717) is 56.7 Å². The largest absolute Gasteiger partial charge is 0.384 e. The highest BCUT2D eigenvalue weighted by atomic mass is 32.2. The summed E-state index contributed by atoms with van der Waals surface area (Å²) in [7, 11) is -3.13. The first-order valence-corrected chi connectivity index (χ1v) is 13.6. The van der Waals surface area contributed by atoms with Gasteiger partial charge in [0.15, 0.2) is 11.6 Å². The van der Waals surface area contributed by atoms with Crippen LogP contribution in [-0.4, -0.2) is 91.3 Å². The normalized spacial score (nSPS) is 18.8. The number of fused-ring (bicyclic) bond motifs is 1. The molecular formula is C21H27N7O3S2. The molecule has 0 atom stereocenters. The average molecular weight is 490 g/mol. The van der Waals surface area contributed by atoms with Crippen LogP contribution >= 0.6 is 11.3 Å². The van der Waals surface area contributed by atoms with E-state index in [9.17, 15) is 8.42 Å². The molecule has 2 N–H and O–H groups in total. The number of thiophene rings is 1. The summed E-state index contributed by atoms with van der Waals surface area (Å²) < 4.78 is 31.7. The smallest absolute Gasteiger partial charge is 0.211 e. The second kappa shape index (κ2) is 9.11. The maximum atomic E-state index is 11.8. The van der Waals surface area contributed by atoms with Crippen molar-refractivity contribution in [1.82, 2.24) is 24.2 Å². The van der Waals surface area contributed by atoms with Gasteiger partial charge in [-0.1, -0.05) is 6.07 Å². The summed E-state index contributed by atoms with van der Waals surface area (Å²) in [4.78, 5) is 19.8. The summed E-state index contributed by atoms with van der Waals surface area (Å²) >= 11 is 1.70. The molecule has 0 aliphatic carbocycles. The number of nitrogens with zero attached hydrogens (tertiary/aromatic N) is 6. The minimum atomic E-state index is -3.13. The molecule has 0 radical (unpaired) electrons. The zero-order valence-electron chi connectivity index (χ0n) is 18.5. The van der Waals surface area contributed by atoms with Crippen LogP contribution in [0.4, 0.5) is 11.6 Å². The molecule has 2 fully saturated rings. The number of rotatable bonds is 5. The summed E-state index contributed by atoms with van der Waals surface area (Å²) in [6, 6.07) is 7.59. The van der Waals surface area contributed by atoms with Gasteiger partial charge in [-0.3, -0.25) is 4.90 Å². The van der Waals surface area contributed by atoms with Gasteiger partial charge in [0.25, 0.3) is 0 Å². The lowest BCUT2D eigenvalue weighted by atomic mass is 10.3. The molecule has 10 nitrogen and oxygen atoms in total. The van der Waals surface area contributed by atoms with Gasteiger partial charge in [-0.15, -0.1) is 11.3 Å². The molecular weight excluding hydrogens is 462 g/mol. The first-order valence-electron chi connectivity index (χ1n) is 10.9. The van der Waals surface area contributed by atoms with Gasteiger partial charge in [0.1, 0.15) is 11.5 Å². The first kappa shape index (κ1) is 22.4. The SMILES string of the molecule is CS(=O)(=O)N1CCN(Cc2cc3nc(-c4cccc(N)n4)nc(N4CCOCC4)c3s2)CC1. The Bertz CT molecular complexity index is 1250. The van der Waals surface area contributed by atoms with Crippen LogP contribution in [-0.2, 0) is 21.3 Å². The Kier molecular flexibility index (Phi) is 6.18. The second-order valence-corrected chi connectivity index (χ2v) is 11.4. The predicted molar refractivity (Wildman–Crippen MR) is 130 cm³/mol. The number of nitrogens with two attached hydrogens (primary N) is 1.